The number of rotatable bonds is 5. The Kier molecular flexibility index (Phi) is 5.99. The van der Waals surface area contributed by atoms with Crippen molar-refractivity contribution >= 4 is 23.6 Å². The van der Waals surface area contributed by atoms with Crippen LogP contribution in [0.4, 0.5) is 5.69 Å². The topological polar surface area (TPSA) is 73.9 Å². The van der Waals surface area contributed by atoms with Crippen LogP contribution < -0.4 is 14.8 Å². The summed E-state index contributed by atoms with van der Waals surface area (Å²) in [6.45, 7) is 6.46. The van der Waals surface area contributed by atoms with Gasteiger partial charge in [-0.05, 0) is 61.7 Å². The van der Waals surface area contributed by atoms with E-state index >= 15 is 0 Å². The van der Waals surface area contributed by atoms with Crippen molar-refractivity contribution < 1.29 is 23.8 Å². The molecular weight excluding hydrogens is 358 g/mol. The van der Waals surface area contributed by atoms with E-state index in [2.05, 4.69) is 5.32 Å². The fourth-order valence-corrected chi connectivity index (χ4v) is 2.72. The molecule has 6 heteroatoms. The Labute approximate surface area is 164 Å². The largest absolute Gasteiger partial charge is 0.486 e. The van der Waals surface area contributed by atoms with Gasteiger partial charge >= 0.3 is 5.97 Å². The van der Waals surface area contributed by atoms with Crippen molar-refractivity contribution in [2.24, 2.45) is 0 Å². The molecule has 0 aliphatic carbocycles. The summed E-state index contributed by atoms with van der Waals surface area (Å²) in [6, 6.07) is 11.0. The Morgan fingerprint density at radius 2 is 1.86 bits per heavy atom. The van der Waals surface area contributed by atoms with Crippen molar-refractivity contribution in [1.29, 1.82) is 0 Å². The summed E-state index contributed by atoms with van der Waals surface area (Å²) >= 11 is 0. The third-order valence-corrected chi connectivity index (χ3v) is 4.50. The number of amides is 1. The van der Waals surface area contributed by atoms with E-state index < -0.39 is 12.1 Å². The second-order valence-electron chi connectivity index (χ2n) is 6.55. The molecule has 28 heavy (non-hydrogen) atoms. The SMILES string of the molecule is Cc1cccc(NC(=O)C(C)OC(=O)/C=C/c2ccc3c(c2)OCCO3)c1C. The Hall–Kier alpha value is -3.28. The average molecular weight is 381 g/mol. The minimum atomic E-state index is -0.919. The second-order valence-corrected chi connectivity index (χ2v) is 6.55. The number of ether oxygens (including phenoxy) is 3. The van der Waals surface area contributed by atoms with Gasteiger partial charge in [-0.1, -0.05) is 18.2 Å². The molecule has 146 valence electrons. The van der Waals surface area contributed by atoms with Crippen molar-refractivity contribution in [3.63, 3.8) is 0 Å². The van der Waals surface area contributed by atoms with Crippen molar-refractivity contribution in [3.8, 4) is 11.5 Å². The predicted molar refractivity (Wildman–Crippen MR) is 107 cm³/mol. The van der Waals surface area contributed by atoms with Gasteiger partial charge in [-0.2, -0.15) is 0 Å². The fourth-order valence-electron chi connectivity index (χ4n) is 2.72. The lowest BCUT2D eigenvalue weighted by Crippen LogP contribution is -2.29. The van der Waals surface area contributed by atoms with E-state index in [4.69, 9.17) is 14.2 Å². The number of fused-ring (bicyclic) bond motifs is 1. The summed E-state index contributed by atoms with van der Waals surface area (Å²) in [5.74, 6) is 0.346. The van der Waals surface area contributed by atoms with Crippen LogP contribution in [0, 0.1) is 13.8 Å². The molecule has 0 bridgehead atoms. The molecule has 0 saturated heterocycles. The molecule has 1 amide bonds. The Morgan fingerprint density at radius 1 is 1.11 bits per heavy atom. The number of hydrogen-bond acceptors (Lipinski definition) is 5. The van der Waals surface area contributed by atoms with Gasteiger partial charge in [0.1, 0.15) is 13.2 Å². The van der Waals surface area contributed by atoms with Gasteiger partial charge in [-0.25, -0.2) is 4.79 Å². The number of esters is 1. The first kappa shape index (κ1) is 19.5. The van der Waals surface area contributed by atoms with Gasteiger partial charge in [0, 0.05) is 11.8 Å². The van der Waals surface area contributed by atoms with Gasteiger partial charge < -0.3 is 19.5 Å². The molecule has 0 aromatic heterocycles. The van der Waals surface area contributed by atoms with E-state index in [9.17, 15) is 9.59 Å². The highest BCUT2D eigenvalue weighted by Gasteiger charge is 2.18. The lowest BCUT2D eigenvalue weighted by atomic mass is 10.1. The smallest absolute Gasteiger partial charge is 0.331 e. The number of hydrogen-bond donors (Lipinski definition) is 1. The molecule has 1 aliphatic heterocycles. The average Bonchev–Trinajstić information content (AvgIpc) is 2.69. The molecule has 1 aliphatic rings. The van der Waals surface area contributed by atoms with Crippen LogP contribution in [0.1, 0.15) is 23.6 Å². The quantitative estimate of drug-likeness (QED) is 0.632. The lowest BCUT2D eigenvalue weighted by molar-refractivity contribution is -0.148. The van der Waals surface area contributed by atoms with Crippen molar-refractivity contribution in [2.45, 2.75) is 26.9 Å². The summed E-state index contributed by atoms with van der Waals surface area (Å²) in [7, 11) is 0. The maximum absolute atomic E-state index is 12.3. The van der Waals surface area contributed by atoms with E-state index in [1.165, 1.54) is 13.0 Å². The number of carbonyl (C=O) groups excluding carboxylic acids is 2. The minimum absolute atomic E-state index is 0.380. The van der Waals surface area contributed by atoms with Gasteiger partial charge in [0.15, 0.2) is 17.6 Å². The summed E-state index contributed by atoms with van der Waals surface area (Å²) in [4.78, 5) is 24.4. The first-order valence-electron chi connectivity index (χ1n) is 9.09. The van der Waals surface area contributed by atoms with E-state index in [-0.39, 0.29) is 5.91 Å². The van der Waals surface area contributed by atoms with Gasteiger partial charge in [-0.15, -0.1) is 0 Å². The van der Waals surface area contributed by atoms with Crippen LogP contribution >= 0.6 is 0 Å². The maximum atomic E-state index is 12.3. The first-order valence-corrected chi connectivity index (χ1v) is 9.09. The molecule has 1 N–H and O–H groups in total. The second kappa shape index (κ2) is 8.61. The van der Waals surface area contributed by atoms with Crippen LogP contribution in [-0.4, -0.2) is 31.2 Å². The third kappa shape index (κ3) is 4.71. The third-order valence-electron chi connectivity index (χ3n) is 4.50. The molecule has 1 atom stereocenters. The highest BCUT2D eigenvalue weighted by Crippen LogP contribution is 2.31. The number of anilines is 1. The summed E-state index contributed by atoms with van der Waals surface area (Å²) in [5, 5.41) is 2.79. The molecule has 0 saturated carbocycles. The Balaban J connectivity index is 1.57. The summed E-state index contributed by atoms with van der Waals surface area (Å²) in [6.07, 6.45) is 1.97. The molecule has 3 rings (SSSR count). The Bertz CT molecular complexity index is 919. The molecule has 1 heterocycles. The van der Waals surface area contributed by atoms with Gasteiger partial charge in [0.2, 0.25) is 0 Å². The molecule has 0 fully saturated rings. The zero-order valence-corrected chi connectivity index (χ0v) is 16.2. The molecule has 0 radical (unpaired) electrons. The molecule has 1 unspecified atom stereocenters. The molecule has 2 aromatic carbocycles. The minimum Gasteiger partial charge on any atom is -0.486 e. The summed E-state index contributed by atoms with van der Waals surface area (Å²) in [5.41, 5.74) is 3.53. The maximum Gasteiger partial charge on any atom is 0.331 e. The highest BCUT2D eigenvalue weighted by molar-refractivity contribution is 5.97. The standard InChI is InChI=1S/C22H23NO5/c1-14-5-4-6-18(15(14)2)23-22(25)16(3)28-21(24)10-8-17-7-9-19-20(13-17)27-12-11-26-19/h4-10,13,16H,11-12H2,1-3H3,(H,23,25)/b10-8+. The van der Waals surface area contributed by atoms with Crippen LogP contribution in [0.15, 0.2) is 42.5 Å². The zero-order chi connectivity index (χ0) is 20.1. The highest BCUT2D eigenvalue weighted by atomic mass is 16.6. The lowest BCUT2D eigenvalue weighted by Gasteiger charge is -2.18. The zero-order valence-electron chi connectivity index (χ0n) is 16.2. The van der Waals surface area contributed by atoms with Crippen LogP contribution in [0.25, 0.3) is 6.08 Å². The van der Waals surface area contributed by atoms with Crippen LogP contribution in [0.2, 0.25) is 0 Å². The van der Waals surface area contributed by atoms with E-state index in [1.54, 1.807) is 18.2 Å². The first-order chi connectivity index (χ1) is 13.4. The predicted octanol–water partition coefficient (Wildman–Crippen LogP) is 3.66. The molecule has 6 nitrogen and oxygen atoms in total. The molecule has 2 aromatic rings. The fraction of sp³-hybridized carbons (Fsp3) is 0.273. The number of carbonyl (C=O) groups is 2. The Morgan fingerprint density at radius 3 is 2.64 bits per heavy atom. The van der Waals surface area contributed by atoms with Gasteiger partial charge in [0.05, 0.1) is 0 Å². The van der Waals surface area contributed by atoms with Gasteiger partial charge in [0.25, 0.3) is 5.91 Å². The van der Waals surface area contributed by atoms with Crippen molar-refractivity contribution in [2.75, 3.05) is 18.5 Å². The van der Waals surface area contributed by atoms with Crippen LogP contribution in [0.5, 0.6) is 11.5 Å². The van der Waals surface area contributed by atoms with E-state index in [0.717, 1.165) is 16.7 Å². The van der Waals surface area contributed by atoms with Crippen LogP contribution in [-0.2, 0) is 14.3 Å². The number of aryl methyl sites for hydroxylation is 1. The van der Waals surface area contributed by atoms with E-state index in [1.807, 2.05) is 38.1 Å². The number of nitrogens with one attached hydrogen (secondary N) is 1. The normalized spacial score (nSPS) is 13.8. The van der Waals surface area contributed by atoms with Gasteiger partial charge in [-0.3, -0.25) is 4.79 Å². The molecule has 0 spiro atoms. The molecular formula is C22H23NO5. The van der Waals surface area contributed by atoms with Crippen LogP contribution in [0.3, 0.4) is 0 Å². The van der Waals surface area contributed by atoms with E-state index in [0.29, 0.717) is 30.4 Å². The summed E-state index contributed by atoms with van der Waals surface area (Å²) < 4.78 is 16.2. The monoisotopic (exact) mass is 381 g/mol. The number of benzene rings is 2. The van der Waals surface area contributed by atoms with Crippen molar-refractivity contribution in [1.82, 2.24) is 0 Å². The van der Waals surface area contributed by atoms with Crippen molar-refractivity contribution in [3.05, 3.63) is 59.2 Å².